The van der Waals surface area contributed by atoms with Gasteiger partial charge in [-0.05, 0) is 57.4 Å². The van der Waals surface area contributed by atoms with Crippen molar-refractivity contribution in [2.24, 2.45) is 14.1 Å². The maximum absolute atomic E-state index is 12.9. The smallest absolute Gasteiger partial charge is 0.272 e. The maximum Gasteiger partial charge on any atom is 0.272 e. The molecule has 3 amide bonds. The zero-order chi connectivity index (χ0) is 25.8. The van der Waals surface area contributed by atoms with Gasteiger partial charge in [-0.15, -0.1) is 0 Å². The molecular formula is C26H31N7O3. The Morgan fingerprint density at radius 1 is 0.889 bits per heavy atom. The molecule has 188 valence electrons. The summed E-state index contributed by atoms with van der Waals surface area (Å²) in [6.45, 7) is 0.849. The summed E-state index contributed by atoms with van der Waals surface area (Å²) in [4.78, 5) is 42.9. The van der Waals surface area contributed by atoms with Crippen LogP contribution >= 0.6 is 0 Å². The van der Waals surface area contributed by atoms with E-state index in [0.29, 0.717) is 34.9 Å². The minimum atomic E-state index is -0.332. The minimum Gasteiger partial charge on any atom is -0.355 e. The molecular weight excluding hydrogens is 458 g/mol. The Morgan fingerprint density at radius 3 is 2.39 bits per heavy atom. The Kier molecular flexibility index (Phi) is 7.25. The molecule has 0 saturated carbocycles. The highest BCUT2D eigenvalue weighted by atomic mass is 16.2. The van der Waals surface area contributed by atoms with Crippen LogP contribution in [0.5, 0.6) is 0 Å². The lowest BCUT2D eigenvalue weighted by Gasteiger charge is -2.09. The molecule has 3 aromatic heterocycles. The molecule has 0 aliphatic carbocycles. The highest BCUT2D eigenvalue weighted by molar-refractivity contribution is 6.08. The van der Waals surface area contributed by atoms with Crippen LogP contribution in [0.25, 0.3) is 10.9 Å². The summed E-state index contributed by atoms with van der Waals surface area (Å²) in [7, 11) is 7.57. The number of nitrogens with one attached hydrogen (secondary N) is 4. The van der Waals surface area contributed by atoms with Crippen LogP contribution in [0.15, 0.2) is 55.0 Å². The molecule has 0 unspecified atom stereocenters. The summed E-state index contributed by atoms with van der Waals surface area (Å²) in [5.74, 6) is -0.649. The van der Waals surface area contributed by atoms with E-state index in [2.05, 4.69) is 20.9 Å². The van der Waals surface area contributed by atoms with E-state index in [9.17, 15) is 14.4 Å². The van der Waals surface area contributed by atoms with Crippen LogP contribution < -0.4 is 16.0 Å². The molecule has 1 aromatic carbocycles. The first kappa shape index (κ1) is 24.8. The molecule has 0 saturated heterocycles. The minimum absolute atomic E-state index is 0.0445. The van der Waals surface area contributed by atoms with Crippen molar-refractivity contribution in [3.05, 3.63) is 66.4 Å². The van der Waals surface area contributed by atoms with Crippen molar-refractivity contribution in [3.8, 4) is 0 Å². The standard InChI is InChI=1S/C26H31N7O3/c1-31(2)10-5-6-24(34)27-18-8-7-17-12-22(30-21(17)13-18)25(35)29-20-14-23(33(4)16-20)26(36)28-19-9-11-32(3)15-19/h7-9,11-16,30H,5-6,10H2,1-4H3,(H,27,34)(H,28,36)(H,29,35). The van der Waals surface area contributed by atoms with Crippen LogP contribution in [0.4, 0.5) is 17.1 Å². The number of carbonyl (C=O) groups excluding carboxylic acids is 3. The van der Waals surface area contributed by atoms with E-state index in [4.69, 9.17) is 0 Å². The molecule has 0 aliphatic heterocycles. The first-order chi connectivity index (χ1) is 17.2. The molecule has 4 aromatic rings. The summed E-state index contributed by atoms with van der Waals surface area (Å²) in [5.41, 5.74) is 3.39. The molecule has 3 heterocycles. The van der Waals surface area contributed by atoms with Crippen LogP contribution in [-0.2, 0) is 18.9 Å². The van der Waals surface area contributed by atoms with E-state index in [0.717, 1.165) is 23.9 Å². The number of aromatic nitrogens is 3. The Bertz CT molecular complexity index is 1410. The fraction of sp³-hybridized carbons (Fsp3) is 0.269. The van der Waals surface area contributed by atoms with Gasteiger partial charge in [-0.3, -0.25) is 14.4 Å². The monoisotopic (exact) mass is 489 g/mol. The van der Waals surface area contributed by atoms with Gasteiger partial charge in [-0.2, -0.15) is 0 Å². The SMILES string of the molecule is CN(C)CCCC(=O)Nc1ccc2cc(C(=O)Nc3cc(C(=O)Nc4ccn(C)c4)n(C)c3)[nH]c2c1. The number of carbonyl (C=O) groups is 3. The van der Waals surface area contributed by atoms with Crippen molar-refractivity contribution >= 4 is 45.7 Å². The van der Waals surface area contributed by atoms with Gasteiger partial charge in [-0.1, -0.05) is 6.07 Å². The highest BCUT2D eigenvalue weighted by Crippen LogP contribution is 2.22. The quantitative estimate of drug-likeness (QED) is 0.287. The van der Waals surface area contributed by atoms with Crippen molar-refractivity contribution in [2.75, 3.05) is 36.6 Å². The summed E-state index contributed by atoms with van der Waals surface area (Å²) < 4.78 is 3.50. The fourth-order valence-corrected chi connectivity index (χ4v) is 3.94. The summed E-state index contributed by atoms with van der Waals surface area (Å²) in [6.07, 6.45) is 6.56. The summed E-state index contributed by atoms with van der Waals surface area (Å²) in [6, 6.07) is 10.7. The second kappa shape index (κ2) is 10.5. The van der Waals surface area contributed by atoms with Gasteiger partial charge in [0.15, 0.2) is 0 Å². The zero-order valence-corrected chi connectivity index (χ0v) is 20.9. The zero-order valence-electron chi connectivity index (χ0n) is 20.9. The summed E-state index contributed by atoms with van der Waals surface area (Å²) in [5, 5.41) is 9.43. The molecule has 10 heteroatoms. The lowest BCUT2D eigenvalue weighted by molar-refractivity contribution is -0.116. The molecule has 0 radical (unpaired) electrons. The number of nitrogens with zero attached hydrogens (tertiary/aromatic N) is 3. The molecule has 0 fully saturated rings. The van der Waals surface area contributed by atoms with Crippen molar-refractivity contribution in [1.29, 1.82) is 0 Å². The molecule has 4 rings (SSSR count). The maximum atomic E-state index is 12.9. The Morgan fingerprint density at radius 2 is 1.67 bits per heavy atom. The van der Waals surface area contributed by atoms with E-state index in [1.165, 1.54) is 0 Å². The first-order valence-electron chi connectivity index (χ1n) is 11.7. The largest absolute Gasteiger partial charge is 0.355 e. The fourth-order valence-electron chi connectivity index (χ4n) is 3.94. The second-order valence-corrected chi connectivity index (χ2v) is 9.14. The first-order valence-corrected chi connectivity index (χ1v) is 11.7. The summed E-state index contributed by atoms with van der Waals surface area (Å²) >= 11 is 0. The number of rotatable bonds is 9. The number of amides is 3. The van der Waals surface area contributed by atoms with Crippen LogP contribution in [0, 0.1) is 0 Å². The normalized spacial score (nSPS) is 11.1. The van der Waals surface area contributed by atoms with Crippen LogP contribution in [0.3, 0.4) is 0 Å². The lowest BCUT2D eigenvalue weighted by atomic mass is 10.2. The molecule has 0 bridgehead atoms. The molecule has 0 spiro atoms. The number of aryl methyl sites for hydroxylation is 2. The van der Waals surface area contributed by atoms with E-state index >= 15 is 0 Å². The number of hydrogen-bond acceptors (Lipinski definition) is 4. The van der Waals surface area contributed by atoms with Crippen molar-refractivity contribution < 1.29 is 14.4 Å². The third-order valence-corrected chi connectivity index (χ3v) is 5.75. The van der Waals surface area contributed by atoms with E-state index in [-0.39, 0.29) is 17.7 Å². The number of aromatic amines is 1. The van der Waals surface area contributed by atoms with Crippen molar-refractivity contribution in [2.45, 2.75) is 12.8 Å². The average Bonchev–Trinajstić information content (AvgIpc) is 3.51. The van der Waals surface area contributed by atoms with Gasteiger partial charge in [0.05, 0.1) is 11.4 Å². The predicted octanol–water partition coefficient (Wildman–Crippen LogP) is 3.63. The van der Waals surface area contributed by atoms with Crippen molar-refractivity contribution in [3.63, 3.8) is 0 Å². The van der Waals surface area contributed by atoms with Crippen LogP contribution in [0.2, 0.25) is 0 Å². The van der Waals surface area contributed by atoms with Gasteiger partial charge < -0.3 is 35.0 Å². The molecule has 0 aliphatic rings. The number of H-pyrrole nitrogens is 1. The Balaban J connectivity index is 1.40. The molecule has 10 nitrogen and oxygen atoms in total. The number of fused-ring (bicyclic) bond motifs is 1. The second-order valence-electron chi connectivity index (χ2n) is 9.14. The van der Waals surface area contributed by atoms with Crippen LogP contribution in [-0.4, -0.2) is 57.4 Å². The van der Waals surface area contributed by atoms with Crippen molar-refractivity contribution in [1.82, 2.24) is 19.0 Å². The van der Waals surface area contributed by atoms with E-state index in [1.807, 2.05) is 67.3 Å². The molecule has 4 N–H and O–H groups in total. The van der Waals surface area contributed by atoms with E-state index in [1.54, 1.807) is 29.9 Å². The number of anilines is 3. The van der Waals surface area contributed by atoms with Gasteiger partial charge in [0.2, 0.25) is 5.91 Å². The number of benzene rings is 1. The average molecular weight is 490 g/mol. The lowest BCUT2D eigenvalue weighted by Crippen LogP contribution is -2.17. The Hall–Kier alpha value is -4.31. The van der Waals surface area contributed by atoms with Crippen LogP contribution in [0.1, 0.15) is 33.8 Å². The highest BCUT2D eigenvalue weighted by Gasteiger charge is 2.16. The topological polar surface area (TPSA) is 116 Å². The van der Waals surface area contributed by atoms with Gasteiger partial charge in [0, 0.05) is 55.7 Å². The number of hydrogen-bond donors (Lipinski definition) is 4. The third kappa shape index (κ3) is 6.02. The van der Waals surface area contributed by atoms with Gasteiger partial charge in [0.1, 0.15) is 11.4 Å². The van der Waals surface area contributed by atoms with Gasteiger partial charge in [0.25, 0.3) is 11.8 Å². The Labute approximate surface area is 209 Å². The molecule has 36 heavy (non-hydrogen) atoms. The van der Waals surface area contributed by atoms with Gasteiger partial charge >= 0.3 is 0 Å². The van der Waals surface area contributed by atoms with Gasteiger partial charge in [-0.25, -0.2) is 0 Å². The third-order valence-electron chi connectivity index (χ3n) is 5.75. The van der Waals surface area contributed by atoms with E-state index < -0.39 is 0 Å². The predicted molar refractivity (Wildman–Crippen MR) is 141 cm³/mol. The molecule has 0 atom stereocenters.